The third-order valence-corrected chi connectivity index (χ3v) is 4.79. The normalized spacial score (nSPS) is 11.9. The number of hydrogen-bond acceptors (Lipinski definition) is 3. The predicted octanol–water partition coefficient (Wildman–Crippen LogP) is 4.53. The van der Waals surface area contributed by atoms with E-state index in [4.69, 9.17) is 23.2 Å². The lowest BCUT2D eigenvalue weighted by Gasteiger charge is -2.06. The van der Waals surface area contributed by atoms with Crippen LogP contribution >= 0.6 is 23.2 Å². The molecule has 2 N–H and O–H groups in total. The zero-order chi connectivity index (χ0) is 19.4. The van der Waals surface area contributed by atoms with Crippen LogP contribution in [0, 0.1) is 11.8 Å². The summed E-state index contributed by atoms with van der Waals surface area (Å²) in [6, 6.07) is 11.4. The second-order valence-electron chi connectivity index (χ2n) is 6.01. The van der Waals surface area contributed by atoms with Crippen molar-refractivity contribution in [3.8, 4) is 11.8 Å². The highest BCUT2D eigenvalue weighted by Crippen LogP contribution is 2.23. The maximum Gasteiger partial charge on any atom is 0.255 e. The number of anilines is 1. The van der Waals surface area contributed by atoms with Crippen LogP contribution in [-0.4, -0.2) is 19.1 Å². The minimum absolute atomic E-state index is 0.349. The Balaban J connectivity index is 2.09. The molecule has 7 heteroatoms. The lowest BCUT2D eigenvalue weighted by atomic mass is 10.1. The summed E-state index contributed by atoms with van der Waals surface area (Å²) in [5.74, 6) is 5.50. The highest BCUT2D eigenvalue weighted by atomic mass is 35.5. The van der Waals surface area contributed by atoms with E-state index in [2.05, 4.69) is 16.6 Å². The molecule has 0 unspecified atom stereocenters. The van der Waals surface area contributed by atoms with Crippen LogP contribution in [-0.2, 0) is 10.0 Å². The van der Waals surface area contributed by atoms with Gasteiger partial charge in [0.2, 0.25) is 0 Å². The Labute approximate surface area is 163 Å². The van der Waals surface area contributed by atoms with Gasteiger partial charge in [-0.05, 0) is 61.9 Å². The highest BCUT2D eigenvalue weighted by molar-refractivity contribution is 7.95. The van der Waals surface area contributed by atoms with Crippen LogP contribution in [0.3, 0.4) is 0 Å². The molecule has 0 heterocycles. The van der Waals surface area contributed by atoms with E-state index < -0.39 is 15.6 Å². The molecule has 0 aromatic heterocycles. The van der Waals surface area contributed by atoms with E-state index in [1.165, 1.54) is 6.08 Å². The van der Waals surface area contributed by atoms with Crippen LogP contribution < -0.4 is 4.72 Å². The van der Waals surface area contributed by atoms with E-state index in [1.54, 1.807) is 56.3 Å². The quantitative estimate of drug-likeness (QED) is 0.728. The molecule has 26 heavy (non-hydrogen) atoms. The predicted molar refractivity (Wildman–Crippen MR) is 108 cm³/mol. The Morgan fingerprint density at radius 2 is 1.73 bits per heavy atom. The van der Waals surface area contributed by atoms with Crippen molar-refractivity contribution >= 4 is 45.0 Å². The molecule has 2 rings (SSSR count). The first-order chi connectivity index (χ1) is 12.0. The topological polar surface area (TPSA) is 66.4 Å². The first kappa shape index (κ1) is 20.3. The molecule has 0 spiro atoms. The van der Waals surface area contributed by atoms with Crippen LogP contribution in [0.4, 0.5) is 5.69 Å². The number of hydrogen-bond donors (Lipinski definition) is 2. The van der Waals surface area contributed by atoms with Crippen molar-refractivity contribution in [3.05, 3.63) is 69.0 Å². The van der Waals surface area contributed by atoms with E-state index in [0.29, 0.717) is 26.9 Å². The van der Waals surface area contributed by atoms with Gasteiger partial charge < -0.3 is 5.11 Å². The molecule has 0 saturated heterocycles. The van der Waals surface area contributed by atoms with Crippen molar-refractivity contribution < 1.29 is 13.5 Å². The van der Waals surface area contributed by atoms with E-state index in [1.807, 2.05) is 0 Å². The highest BCUT2D eigenvalue weighted by Gasteiger charge is 2.07. The van der Waals surface area contributed by atoms with Crippen LogP contribution in [0.1, 0.15) is 25.0 Å². The van der Waals surface area contributed by atoms with E-state index in [0.717, 1.165) is 5.41 Å². The SMILES string of the molecule is CC(C)(O)C#Cc1ccc(NS(=O)(=O)/C=C/c2ccc(Cl)c(Cl)c2)cc1. The van der Waals surface area contributed by atoms with Crippen molar-refractivity contribution in [2.75, 3.05) is 4.72 Å². The summed E-state index contributed by atoms with van der Waals surface area (Å²) in [7, 11) is -3.69. The van der Waals surface area contributed by atoms with Crippen molar-refractivity contribution in [2.45, 2.75) is 19.4 Å². The van der Waals surface area contributed by atoms with Gasteiger partial charge in [-0.3, -0.25) is 4.72 Å². The summed E-state index contributed by atoms with van der Waals surface area (Å²) in [6.45, 7) is 3.17. The van der Waals surface area contributed by atoms with Crippen molar-refractivity contribution in [1.29, 1.82) is 0 Å². The van der Waals surface area contributed by atoms with Gasteiger partial charge in [0.25, 0.3) is 10.0 Å². The molecule has 0 amide bonds. The van der Waals surface area contributed by atoms with Gasteiger partial charge in [0.05, 0.1) is 15.5 Å². The van der Waals surface area contributed by atoms with Crippen LogP contribution in [0.15, 0.2) is 47.9 Å². The molecule has 0 radical (unpaired) electrons. The van der Waals surface area contributed by atoms with Crippen molar-refractivity contribution in [2.24, 2.45) is 0 Å². The van der Waals surface area contributed by atoms with Gasteiger partial charge in [-0.25, -0.2) is 8.42 Å². The Morgan fingerprint density at radius 1 is 1.08 bits per heavy atom. The molecule has 0 atom stereocenters. The zero-order valence-electron chi connectivity index (χ0n) is 14.1. The monoisotopic (exact) mass is 409 g/mol. The largest absolute Gasteiger partial charge is 0.378 e. The van der Waals surface area contributed by atoms with E-state index >= 15 is 0 Å². The fraction of sp³-hybridized carbons (Fsp3) is 0.158. The molecule has 0 bridgehead atoms. The van der Waals surface area contributed by atoms with Gasteiger partial charge in [-0.15, -0.1) is 0 Å². The third-order valence-electron chi connectivity index (χ3n) is 3.04. The first-order valence-corrected chi connectivity index (χ1v) is 9.86. The summed E-state index contributed by atoms with van der Waals surface area (Å²) in [6.07, 6.45) is 1.42. The molecule has 2 aromatic carbocycles. The lowest BCUT2D eigenvalue weighted by Crippen LogP contribution is -2.14. The minimum Gasteiger partial charge on any atom is -0.378 e. The van der Waals surface area contributed by atoms with Crippen molar-refractivity contribution in [1.82, 2.24) is 0 Å². The molecule has 0 aliphatic carbocycles. The molecule has 2 aromatic rings. The maximum absolute atomic E-state index is 12.1. The first-order valence-electron chi connectivity index (χ1n) is 7.56. The molecule has 0 saturated carbocycles. The molecule has 4 nitrogen and oxygen atoms in total. The molecular formula is C19H17Cl2NO3S. The third kappa shape index (κ3) is 6.74. The van der Waals surface area contributed by atoms with E-state index in [-0.39, 0.29) is 0 Å². The van der Waals surface area contributed by atoms with Gasteiger partial charge in [-0.2, -0.15) is 0 Å². The summed E-state index contributed by atoms with van der Waals surface area (Å²) in [5, 5.41) is 11.4. The zero-order valence-corrected chi connectivity index (χ0v) is 16.5. The second kappa shape index (κ2) is 8.15. The smallest absolute Gasteiger partial charge is 0.255 e. The number of benzene rings is 2. The lowest BCUT2D eigenvalue weighted by molar-refractivity contribution is 0.143. The van der Waals surface area contributed by atoms with Crippen LogP contribution in [0.25, 0.3) is 6.08 Å². The summed E-state index contributed by atoms with van der Waals surface area (Å²) in [5.41, 5.74) is 0.594. The maximum atomic E-state index is 12.1. The fourth-order valence-corrected chi connectivity index (χ4v) is 3.00. The van der Waals surface area contributed by atoms with E-state index in [9.17, 15) is 13.5 Å². The Bertz CT molecular complexity index is 980. The van der Waals surface area contributed by atoms with Crippen LogP contribution in [0.5, 0.6) is 0 Å². The number of nitrogens with one attached hydrogen (secondary N) is 1. The molecule has 0 aliphatic heterocycles. The van der Waals surface area contributed by atoms with Gasteiger partial charge in [0, 0.05) is 11.3 Å². The van der Waals surface area contributed by atoms with Crippen LogP contribution in [0.2, 0.25) is 10.0 Å². The molecule has 0 aliphatic rings. The minimum atomic E-state index is -3.69. The molecule has 0 fully saturated rings. The fourth-order valence-electron chi connectivity index (χ4n) is 1.83. The average molecular weight is 410 g/mol. The summed E-state index contributed by atoms with van der Waals surface area (Å²) in [4.78, 5) is 0. The Hall–Kier alpha value is -1.97. The number of halogens is 2. The molecular weight excluding hydrogens is 393 g/mol. The second-order valence-corrected chi connectivity index (χ2v) is 8.39. The summed E-state index contributed by atoms with van der Waals surface area (Å²) < 4.78 is 26.7. The molecule has 136 valence electrons. The van der Waals surface area contributed by atoms with Gasteiger partial charge >= 0.3 is 0 Å². The number of rotatable bonds is 4. The standard InChI is InChI=1S/C19H17Cl2NO3S/c1-19(2,23)11-9-14-3-6-16(7-4-14)22-26(24,25)12-10-15-5-8-17(20)18(21)13-15/h3-8,10,12-13,22-23H,1-2H3/b12-10+. The van der Waals surface area contributed by atoms with Gasteiger partial charge in [-0.1, -0.05) is 41.1 Å². The Morgan fingerprint density at radius 3 is 2.31 bits per heavy atom. The Kier molecular flexibility index (Phi) is 6.38. The van der Waals surface area contributed by atoms with Crippen molar-refractivity contribution in [3.63, 3.8) is 0 Å². The summed E-state index contributed by atoms with van der Waals surface area (Å²) >= 11 is 11.7. The van der Waals surface area contributed by atoms with Gasteiger partial charge in [0.15, 0.2) is 0 Å². The number of sulfonamides is 1. The average Bonchev–Trinajstić information content (AvgIpc) is 2.54. The number of aliphatic hydroxyl groups is 1. The van der Waals surface area contributed by atoms with Gasteiger partial charge in [0.1, 0.15) is 5.60 Å².